The molecule has 0 radical (unpaired) electrons. The maximum Gasteiger partial charge on any atom is 0.328 e. The molecule has 4 amide bonds. The standard InChI is InChI=1S/C16H12N2O4/c1-9-2-4-10(5-3-9)13-7-6-11(22-13)8-12-14(19)17-16(21)18-15(12)20/h2-8H,1H3,(H2,17,18,19,20,21). The van der Waals surface area contributed by atoms with Gasteiger partial charge >= 0.3 is 6.03 Å². The third-order valence-corrected chi connectivity index (χ3v) is 3.19. The molecular weight excluding hydrogens is 284 g/mol. The highest BCUT2D eigenvalue weighted by molar-refractivity contribution is 6.31. The minimum Gasteiger partial charge on any atom is -0.457 e. The fourth-order valence-electron chi connectivity index (χ4n) is 2.05. The number of carbonyl (C=O) groups is 3. The number of benzene rings is 1. The van der Waals surface area contributed by atoms with E-state index in [1.807, 2.05) is 41.8 Å². The summed E-state index contributed by atoms with van der Waals surface area (Å²) in [6.07, 6.45) is 1.30. The fraction of sp³-hybridized carbons (Fsp3) is 0.0625. The van der Waals surface area contributed by atoms with Crippen LogP contribution in [0.3, 0.4) is 0 Å². The van der Waals surface area contributed by atoms with E-state index in [9.17, 15) is 14.4 Å². The molecule has 1 saturated heterocycles. The second-order valence-corrected chi connectivity index (χ2v) is 4.86. The first-order valence-corrected chi connectivity index (χ1v) is 6.58. The molecule has 0 unspecified atom stereocenters. The molecule has 6 nitrogen and oxygen atoms in total. The zero-order valence-corrected chi connectivity index (χ0v) is 11.7. The van der Waals surface area contributed by atoms with Crippen LogP contribution in [0.4, 0.5) is 4.79 Å². The molecular formula is C16H12N2O4. The van der Waals surface area contributed by atoms with Gasteiger partial charge in [-0.15, -0.1) is 0 Å². The van der Waals surface area contributed by atoms with Gasteiger partial charge in [0, 0.05) is 5.56 Å². The summed E-state index contributed by atoms with van der Waals surface area (Å²) in [5.74, 6) is -0.520. The topological polar surface area (TPSA) is 88.4 Å². The number of rotatable bonds is 2. The van der Waals surface area contributed by atoms with Gasteiger partial charge in [0.15, 0.2) is 0 Å². The van der Waals surface area contributed by atoms with E-state index in [0.29, 0.717) is 11.5 Å². The smallest absolute Gasteiger partial charge is 0.328 e. The molecule has 3 rings (SSSR count). The molecule has 2 N–H and O–H groups in total. The zero-order chi connectivity index (χ0) is 15.7. The lowest BCUT2D eigenvalue weighted by Gasteiger charge is -2.13. The molecule has 22 heavy (non-hydrogen) atoms. The van der Waals surface area contributed by atoms with Gasteiger partial charge in [-0.2, -0.15) is 0 Å². The Morgan fingerprint density at radius 2 is 1.55 bits per heavy atom. The quantitative estimate of drug-likeness (QED) is 0.655. The normalized spacial score (nSPS) is 14.6. The summed E-state index contributed by atoms with van der Waals surface area (Å²) in [5, 5.41) is 4.01. The lowest BCUT2D eigenvalue weighted by molar-refractivity contribution is -0.123. The summed E-state index contributed by atoms with van der Waals surface area (Å²) in [6, 6.07) is 10.3. The third kappa shape index (κ3) is 2.67. The number of barbiturate groups is 1. The summed E-state index contributed by atoms with van der Waals surface area (Å²) in [5.41, 5.74) is 1.85. The van der Waals surface area contributed by atoms with Gasteiger partial charge in [0.2, 0.25) is 0 Å². The van der Waals surface area contributed by atoms with Crippen LogP contribution in [0.1, 0.15) is 11.3 Å². The van der Waals surface area contributed by atoms with Gasteiger partial charge < -0.3 is 4.42 Å². The van der Waals surface area contributed by atoms with E-state index < -0.39 is 17.8 Å². The molecule has 1 aromatic heterocycles. The van der Waals surface area contributed by atoms with Crippen molar-refractivity contribution in [3.05, 3.63) is 53.3 Å². The van der Waals surface area contributed by atoms with Crippen LogP contribution in [0.5, 0.6) is 0 Å². The van der Waals surface area contributed by atoms with Gasteiger partial charge in [0.05, 0.1) is 0 Å². The van der Waals surface area contributed by atoms with Crippen LogP contribution in [0.25, 0.3) is 17.4 Å². The molecule has 0 bridgehead atoms. The number of imide groups is 2. The van der Waals surface area contributed by atoms with E-state index >= 15 is 0 Å². The average Bonchev–Trinajstić information content (AvgIpc) is 2.92. The van der Waals surface area contributed by atoms with Gasteiger partial charge in [-0.05, 0) is 25.1 Å². The first-order chi connectivity index (χ1) is 10.5. The Balaban J connectivity index is 1.89. The highest BCUT2D eigenvalue weighted by Gasteiger charge is 2.28. The maximum atomic E-state index is 11.6. The van der Waals surface area contributed by atoms with Crippen molar-refractivity contribution in [1.82, 2.24) is 10.6 Å². The molecule has 1 aliphatic rings. The molecule has 0 spiro atoms. The van der Waals surface area contributed by atoms with Crippen molar-refractivity contribution >= 4 is 23.9 Å². The molecule has 0 saturated carbocycles. The summed E-state index contributed by atoms with van der Waals surface area (Å²) < 4.78 is 5.61. The fourth-order valence-corrected chi connectivity index (χ4v) is 2.05. The van der Waals surface area contributed by atoms with Crippen molar-refractivity contribution in [2.45, 2.75) is 6.92 Å². The maximum absolute atomic E-state index is 11.6. The van der Waals surface area contributed by atoms with Crippen molar-refractivity contribution in [3.8, 4) is 11.3 Å². The van der Waals surface area contributed by atoms with Crippen LogP contribution in [0.15, 0.2) is 46.4 Å². The molecule has 0 atom stereocenters. The second-order valence-electron chi connectivity index (χ2n) is 4.86. The summed E-state index contributed by atoms with van der Waals surface area (Å²) >= 11 is 0. The van der Waals surface area contributed by atoms with Crippen LogP contribution in [0, 0.1) is 6.92 Å². The number of hydrogen-bond acceptors (Lipinski definition) is 4. The molecule has 6 heteroatoms. The Labute approximate surface area is 125 Å². The van der Waals surface area contributed by atoms with Gasteiger partial charge in [-0.25, -0.2) is 4.79 Å². The van der Waals surface area contributed by atoms with E-state index in [1.165, 1.54) is 6.08 Å². The Morgan fingerprint density at radius 1 is 0.909 bits per heavy atom. The number of carbonyl (C=O) groups excluding carboxylic acids is 3. The SMILES string of the molecule is Cc1ccc(-c2ccc(C=C3C(=O)NC(=O)NC3=O)o2)cc1. The van der Waals surface area contributed by atoms with E-state index in [2.05, 4.69) is 0 Å². The minimum absolute atomic E-state index is 0.176. The Morgan fingerprint density at radius 3 is 2.18 bits per heavy atom. The number of furan rings is 1. The second kappa shape index (κ2) is 5.33. The van der Waals surface area contributed by atoms with E-state index in [-0.39, 0.29) is 5.57 Å². The largest absolute Gasteiger partial charge is 0.457 e. The van der Waals surface area contributed by atoms with Crippen LogP contribution in [0.2, 0.25) is 0 Å². The van der Waals surface area contributed by atoms with Crippen molar-refractivity contribution < 1.29 is 18.8 Å². The van der Waals surface area contributed by atoms with Gasteiger partial charge in [0.1, 0.15) is 17.1 Å². The van der Waals surface area contributed by atoms with Crippen molar-refractivity contribution in [2.75, 3.05) is 0 Å². The Kier molecular flexibility index (Phi) is 3.34. The van der Waals surface area contributed by atoms with E-state index in [4.69, 9.17) is 4.42 Å². The van der Waals surface area contributed by atoms with Crippen LogP contribution in [-0.4, -0.2) is 17.8 Å². The van der Waals surface area contributed by atoms with Crippen molar-refractivity contribution in [3.63, 3.8) is 0 Å². The molecule has 1 fully saturated rings. The van der Waals surface area contributed by atoms with Crippen LogP contribution < -0.4 is 10.6 Å². The number of nitrogens with one attached hydrogen (secondary N) is 2. The highest BCUT2D eigenvalue weighted by atomic mass is 16.3. The van der Waals surface area contributed by atoms with Crippen LogP contribution in [-0.2, 0) is 9.59 Å². The molecule has 1 aromatic carbocycles. The first-order valence-electron chi connectivity index (χ1n) is 6.58. The van der Waals surface area contributed by atoms with Gasteiger partial charge in [0.25, 0.3) is 11.8 Å². The Hall–Kier alpha value is -3.15. The Bertz CT molecular complexity index is 778. The molecule has 110 valence electrons. The van der Waals surface area contributed by atoms with Crippen molar-refractivity contribution in [1.29, 1.82) is 0 Å². The first kappa shape index (κ1) is 13.8. The summed E-state index contributed by atoms with van der Waals surface area (Å²) in [7, 11) is 0. The highest BCUT2D eigenvalue weighted by Crippen LogP contribution is 2.24. The van der Waals surface area contributed by atoms with Crippen LogP contribution >= 0.6 is 0 Å². The predicted molar refractivity (Wildman–Crippen MR) is 78.5 cm³/mol. The van der Waals surface area contributed by atoms with E-state index in [1.54, 1.807) is 12.1 Å². The number of amides is 4. The number of hydrogen-bond donors (Lipinski definition) is 2. The molecule has 2 aromatic rings. The molecule has 2 heterocycles. The minimum atomic E-state index is -0.827. The monoisotopic (exact) mass is 296 g/mol. The average molecular weight is 296 g/mol. The zero-order valence-electron chi connectivity index (χ0n) is 11.7. The van der Waals surface area contributed by atoms with Gasteiger partial charge in [-0.3, -0.25) is 20.2 Å². The lowest BCUT2D eigenvalue weighted by atomic mass is 10.1. The summed E-state index contributed by atoms with van der Waals surface area (Å²) in [4.78, 5) is 34.2. The number of aryl methyl sites for hydroxylation is 1. The predicted octanol–water partition coefficient (Wildman–Crippen LogP) is 2.00. The lowest BCUT2D eigenvalue weighted by Crippen LogP contribution is -2.51. The third-order valence-electron chi connectivity index (χ3n) is 3.19. The molecule has 1 aliphatic heterocycles. The number of urea groups is 1. The van der Waals surface area contributed by atoms with Crippen molar-refractivity contribution in [2.24, 2.45) is 0 Å². The summed E-state index contributed by atoms with van der Waals surface area (Å²) in [6.45, 7) is 1.99. The van der Waals surface area contributed by atoms with E-state index in [0.717, 1.165) is 11.1 Å². The van der Waals surface area contributed by atoms with Gasteiger partial charge in [-0.1, -0.05) is 29.8 Å². The molecule has 0 aliphatic carbocycles.